The van der Waals surface area contributed by atoms with Gasteiger partial charge in [0.05, 0.1) is 17.3 Å². The molecule has 30 heavy (non-hydrogen) atoms. The van der Waals surface area contributed by atoms with Crippen molar-refractivity contribution in [2.24, 2.45) is 0 Å². The molecule has 0 aliphatic carbocycles. The molecule has 2 aromatic carbocycles. The van der Waals surface area contributed by atoms with E-state index in [1.165, 1.54) is 0 Å². The van der Waals surface area contributed by atoms with Crippen LogP contribution in [0.15, 0.2) is 48.5 Å². The predicted molar refractivity (Wildman–Crippen MR) is 117 cm³/mol. The summed E-state index contributed by atoms with van der Waals surface area (Å²) in [6.07, 6.45) is 3.68. The van der Waals surface area contributed by atoms with E-state index in [2.05, 4.69) is 9.71 Å². The summed E-state index contributed by atoms with van der Waals surface area (Å²) in [4.78, 5) is 23.0. The van der Waals surface area contributed by atoms with Crippen LogP contribution in [-0.2, 0) is 16.4 Å². The van der Waals surface area contributed by atoms with Gasteiger partial charge in [0.1, 0.15) is 5.82 Å². The number of sulfonamides is 1. The van der Waals surface area contributed by atoms with Crippen molar-refractivity contribution in [1.82, 2.24) is 19.6 Å². The molecule has 158 valence electrons. The van der Waals surface area contributed by atoms with Gasteiger partial charge in [0.25, 0.3) is 5.91 Å². The Morgan fingerprint density at radius 3 is 2.70 bits per heavy atom. The minimum atomic E-state index is -3.19. The summed E-state index contributed by atoms with van der Waals surface area (Å²) < 4.78 is 24.8. The lowest BCUT2D eigenvalue weighted by atomic mass is 9.96. The zero-order valence-electron chi connectivity index (χ0n) is 17.0. The number of rotatable bonds is 6. The van der Waals surface area contributed by atoms with Gasteiger partial charge in [-0.25, -0.2) is 18.1 Å². The minimum Gasteiger partial charge on any atom is -0.342 e. The molecule has 2 N–H and O–H groups in total. The van der Waals surface area contributed by atoms with Crippen molar-refractivity contribution < 1.29 is 13.2 Å². The zero-order valence-corrected chi connectivity index (χ0v) is 17.8. The number of nitrogens with one attached hydrogen (secondary N) is 2. The van der Waals surface area contributed by atoms with Crippen molar-refractivity contribution in [3.8, 4) is 0 Å². The summed E-state index contributed by atoms with van der Waals surface area (Å²) in [7, 11) is -3.19. The molecule has 1 aliphatic rings. The van der Waals surface area contributed by atoms with Crippen molar-refractivity contribution >= 4 is 27.0 Å². The summed E-state index contributed by atoms with van der Waals surface area (Å²) in [5, 5.41) is 0. The average molecular weight is 427 g/mol. The number of hydrogen-bond donors (Lipinski definition) is 2. The van der Waals surface area contributed by atoms with Crippen molar-refractivity contribution in [1.29, 1.82) is 0 Å². The third-order valence-electron chi connectivity index (χ3n) is 5.48. The fraction of sp³-hybridized carbons (Fsp3) is 0.364. The molecule has 0 spiro atoms. The molecule has 3 aromatic rings. The average Bonchev–Trinajstić information content (AvgIpc) is 3.17. The molecule has 1 saturated heterocycles. The Kier molecular flexibility index (Phi) is 5.87. The molecule has 1 amide bonds. The van der Waals surface area contributed by atoms with E-state index < -0.39 is 10.0 Å². The Hall–Kier alpha value is -2.71. The Balaban J connectivity index is 1.40. The third-order valence-corrected chi connectivity index (χ3v) is 6.21. The summed E-state index contributed by atoms with van der Waals surface area (Å²) in [6, 6.07) is 15.4. The molecule has 7 nitrogen and oxygen atoms in total. The molecular formula is C22H26N4O3S. The summed E-state index contributed by atoms with van der Waals surface area (Å²) in [5.74, 6) is 1.18. The largest absolute Gasteiger partial charge is 0.342 e. The number of carbonyl (C=O) groups is 1. The Morgan fingerprint density at radius 2 is 1.97 bits per heavy atom. The number of piperidine rings is 1. The number of aromatic nitrogens is 2. The van der Waals surface area contributed by atoms with Gasteiger partial charge in [-0.3, -0.25) is 4.79 Å². The van der Waals surface area contributed by atoms with Crippen LogP contribution in [0.3, 0.4) is 0 Å². The maximum absolute atomic E-state index is 13.0. The van der Waals surface area contributed by atoms with Gasteiger partial charge in [-0.2, -0.15) is 0 Å². The normalized spacial score (nSPS) is 17.4. The highest BCUT2D eigenvalue weighted by atomic mass is 32.2. The molecule has 1 atom stereocenters. The van der Waals surface area contributed by atoms with E-state index in [-0.39, 0.29) is 11.8 Å². The number of amides is 1. The number of aromatic amines is 1. The second-order valence-corrected chi connectivity index (χ2v) is 9.68. The zero-order chi connectivity index (χ0) is 21.1. The highest BCUT2D eigenvalue weighted by Gasteiger charge is 2.27. The number of H-pyrrole nitrogens is 1. The van der Waals surface area contributed by atoms with Crippen LogP contribution in [0, 0.1) is 0 Å². The first-order chi connectivity index (χ1) is 14.4. The Bertz CT molecular complexity index is 1110. The molecule has 0 radical (unpaired) electrons. The maximum atomic E-state index is 13.0. The second-order valence-electron chi connectivity index (χ2n) is 7.84. The van der Waals surface area contributed by atoms with Gasteiger partial charge in [0.2, 0.25) is 10.0 Å². The van der Waals surface area contributed by atoms with Gasteiger partial charge in [-0.1, -0.05) is 24.3 Å². The van der Waals surface area contributed by atoms with Gasteiger partial charge in [-0.05, 0) is 49.1 Å². The monoisotopic (exact) mass is 426 g/mol. The number of likely N-dealkylation sites (tertiary alicyclic amines) is 1. The SMILES string of the molecule is CS(=O)(=O)NCCc1ccc(C(=O)N2CCCC(c3nc4ccccc4[nH]3)C2)cc1. The summed E-state index contributed by atoms with van der Waals surface area (Å²) in [5.41, 5.74) is 3.62. The van der Waals surface area contributed by atoms with Crippen LogP contribution in [0.1, 0.15) is 40.5 Å². The summed E-state index contributed by atoms with van der Waals surface area (Å²) >= 11 is 0. The first-order valence-electron chi connectivity index (χ1n) is 10.2. The summed E-state index contributed by atoms with van der Waals surface area (Å²) in [6.45, 7) is 1.74. The number of para-hydroxylation sites is 2. The minimum absolute atomic E-state index is 0.0247. The van der Waals surface area contributed by atoms with Gasteiger partial charge < -0.3 is 9.88 Å². The van der Waals surface area contributed by atoms with Crippen LogP contribution in [0.4, 0.5) is 0 Å². The van der Waals surface area contributed by atoms with E-state index in [1.807, 2.05) is 53.4 Å². The number of carbonyl (C=O) groups excluding carboxylic acids is 1. The lowest BCUT2D eigenvalue weighted by Crippen LogP contribution is -2.39. The van der Waals surface area contributed by atoms with Crippen molar-refractivity contribution in [2.45, 2.75) is 25.2 Å². The van der Waals surface area contributed by atoms with Crippen molar-refractivity contribution in [3.63, 3.8) is 0 Å². The number of hydrogen-bond acceptors (Lipinski definition) is 4. The smallest absolute Gasteiger partial charge is 0.253 e. The van der Waals surface area contributed by atoms with Crippen molar-refractivity contribution in [2.75, 3.05) is 25.9 Å². The van der Waals surface area contributed by atoms with Gasteiger partial charge in [-0.15, -0.1) is 0 Å². The van der Waals surface area contributed by atoms with Gasteiger partial charge in [0.15, 0.2) is 0 Å². The van der Waals surface area contributed by atoms with Crippen LogP contribution in [0.2, 0.25) is 0 Å². The highest BCUT2D eigenvalue weighted by Crippen LogP contribution is 2.27. The van der Waals surface area contributed by atoms with E-state index in [4.69, 9.17) is 4.98 Å². The van der Waals surface area contributed by atoms with Crippen LogP contribution in [-0.4, -0.2) is 55.1 Å². The molecule has 0 bridgehead atoms. The molecule has 0 saturated carbocycles. The topological polar surface area (TPSA) is 95.2 Å². The van der Waals surface area contributed by atoms with E-state index >= 15 is 0 Å². The standard InChI is InChI=1S/C22H26N4O3S/c1-30(28,29)23-13-12-16-8-10-17(11-9-16)22(27)26-14-4-5-18(15-26)21-24-19-6-2-3-7-20(19)25-21/h2-3,6-11,18,23H,4-5,12-15H2,1H3,(H,24,25). The highest BCUT2D eigenvalue weighted by molar-refractivity contribution is 7.88. The van der Waals surface area contributed by atoms with Gasteiger partial charge in [0, 0.05) is 31.1 Å². The number of imidazole rings is 1. The van der Waals surface area contributed by atoms with Crippen LogP contribution >= 0.6 is 0 Å². The predicted octanol–water partition coefficient (Wildman–Crippen LogP) is 2.67. The first kappa shape index (κ1) is 20.6. The van der Waals surface area contributed by atoms with Crippen molar-refractivity contribution in [3.05, 3.63) is 65.5 Å². The molecule has 1 aromatic heterocycles. The molecule has 1 unspecified atom stereocenters. The molecular weight excluding hydrogens is 400 g/mol. The Morgan fingerprint density at radius 1 is 1.20 bits per heavy atom. The van der Waals surface area contributed by atoms with Crippen LogP contribution in [0.5, 0.6) is 0 Å². The van der Waals surface area contributed by atoms with E-state index in [1.54, 1.807) is 0 Å². The molecule has 4 rings (SSSR count). The number of fused-ring (bicyclic) bond motifs is 1. The molecule has 1 fully saturated rings. The van der Waals surface area contributed by atoms with E-state index in [0.29, 0.717) is 25.1 Å². The van der Waals surface area contributed by atoms with Gasteiger partial charge >= 0.3 is 0 Å². The maximum Gasteiger partial charge on any atom is 0.253 e. The molecule has 8 heteroatoms. The van der Waals surface area contributed by atoms with Crippen LogP contribution < -0.4 is 4.72 Å². The Labute approximate surface area is 176 Å². The lowest BCUT2D eigenvalue weighted by Gasteiger charge is -2.32. The second kappa shape index (κ2) is 8.57. The van der Waals surface area contributed by atoms with E-state index in [9.17, 15) is 13.2 Å². The fourth-order valence-corrected chi connectivity index (χ4v) is 4.40. The number of nitrogens with zero attached hydrogens (tertiary/aromatic N) is 2. The van der Waals surface area contributed by atoms with Crippen LogP contribution in [0.25, 0.3) is 11.0 Å². The fourth-order valence-electron chi connectivity index (χ4n) is 3.93. The lowest BCUT2D eigenvalue weighted by molar-refractivity contribution is 0.0705. The quantitative estimate of drug-likeness (QED) is 0.634. The molecule has 2 heterocycles. The van der Waals surface area contributed by atoms with E-state index in [0.717, 1.165) is 48.1 Å². The third kappa shape index (κ3) is 4.88. The number of benzene rings is 2. The molecule has 1 aliphatic heterocycles. The first-order valence-corrected chi connectivity index (χ1v) is 12.1.